The van der Waals surface area contributed by atoms with E-state index in [0.29, 0.717) is 42.0 Å². The molecule has 0 aromatic heterocycles. The molecule has 3 aromatic carbocycles. The molecule has 1 aliphatic heterocycles. The van der Waals surface area contributed by atoms with Crippen LogP contribution in [-0.4, -0.2) is 25.5 Å². The van der Waals surface area contributed by atoms with Gasteiger partial charge in [-0.05, 0) is 55.5 Å². The van der Waals surface area contributed by atoms with Gasteiger partial charge in [-0.25, -0.2) is 4.79 Å². The van der Waals surface area contributed by atoms with Crippen molar-refractivity contribution in [3.05, 3.63) is 118 Å². The van der Waals surface area contributed by atoms with Gasteiger partial charge in [0.1, 0.15) is 18.1 Å². The van der Waals surface area contributed by atoms with Gasteiger partial charge in [0, 0.05) is 29.0 Å². The Morgan fingerprint density at radius 3 is 2.38 bits per heavy atom. The van der Waals surface area contributed by atoms with Crippen LogP contribution in [0.15, 0.2) is 101 Å². The van der Waals surface area contributed by atoms with Gasteiger partial charge < -0.3 is 19.5 Å². The Bertz CT molecular complexity index is 1420. The Hall–Kier alpha value is -4.32. The van der Waals surface area contributed by atoms with Crippen molar-refractivity contribution in [1.82, 2.24) is 5.32 Å². The van der Waals surface area contributed by atoms with E-state index in [2.05, 4.69) is 5.32 Å². The molecule has 39 heavy (non-hydrogen) atoms. The predicted octanol–water partition coefficient (Wildman–Crippen LogP) is 6.20. The number of carbonyl (C=O) groups is 2. The standard InChI is InChI=1S/C33H33NO5/c1-4-38-33(36)30-21(2)34-27-18-24(23-14-16-25(37-3)17-15-23)19-28(35)32(27)31(30)26-12-8-9-13-29(26)39-20-22-10-6-5-7-11-22/h5-17,24,31,34H,4,18-20H2,1-3H3/t24-,31-/m0/s1. The number of Topliss-reactive ketones (excluding diaryl/α,β-unsaturated/α-hetero) is 1. The van der Waals surface area contributed by atoms with Crippen LogP contribution in [0.2, 0.25) is 0 Å². The molecule has 2 atom stereocenters. The number of dihydropyridines is 1. The van der Waals surface area contributed by atoms with Crippen LogP contribution in [0, 0.1) is 0 Å². The van der Waals surface area contributed by atoms with Gasteiger partial charge in [-0.1, -0.05) is 60.7 Å². The smallest absolute Gasteiger partial charge is 0.336 e. The van der Waals surface area contributed by atoms with Crippen LogP contribution in [0.4, 0.5) is 0 Å². The second kappa shape index (κ2) is 11.6. The third-order valence-corrected chi connectivity index (χ3v) is 7.38. The molecule has 5 rings (SSSR count). The lowest BCUT2D eigenvalue weighted by Gasteiger charge is -2.37. The van der Waals surface area contributed by atoms with Crippen molar-refractivity contribution in [1.29, 1.82) is 0 Å². The number of rotatable bonds is 8. The molecule has 0 bridgehead atoms. The van der Waals surface area contributed by atoms with E-state index in [0.717, 1.165) is 28.1 Å². The minimum absolute atomic E-state index is 0.0155. The summed E-state index contributed by atoms with van der Waals surface area (Å²) >= 11 is 0. The van der Waals surface area contributed by atoms with Crippen LogP contribution in [0.3, 0.4) is 0 Å². The fourth-order valence-electron chi connectivity index (χ4n) is 5.53. The van der Waals surface area contributed by atoms with E-state index < -0.39 is 11.9 Å². The van der Waals surface area contributed by atoms with E-state index in [-0.39, 0.29) is 18.3 Å². The summed E-state index contributed by atoms with van der Waals surface area (Å²) in [6, 6.07) is 25.5. The van der Waals surface area contributed by atoms with E-state index in [1.807, 2.05) is 85.8 Å². The van der Waals surface area contributed by atoms with Crippen molar-refractivity contribution in [2.24, 2.45) is 0 Å². The van der Waals surface area contributed by atoms with E-state index in [1.165, 1.54) is 0 Å². The van der Waals surface area contributed by atoms with Gasteiger partial charge in [-0.3, -0.25) is 4.79 Å². The molecule has 3 aromatic rings. The number of ether oxygens (including phenoxy) is 3. The first-order valence-electron chi connectivity index (χ1n) is 13.3. The minimum Gasteiger partial charge on any atom is -0.497 e. The van der Waals surface area contributed by atoms with Gasteiger partial charge in [0.15, 0.2) is 5.78 Å². The number of carbonyl (C=O) groups excluding carboxylic acids is 2. The van der Waals surface area contributed by atoms with Crippen LogP contribution in [0.5, 0.6) is 11.5 Å². The number of ketones is 1. The van der Waals surface area contributed by atoms with E-state index in [9.17, 15) is 9.59 Å². The second-order valence-electron chi connectivity index (χ2n) is 9.82. The van der Waals surface area contributed by atoms with E-state index >= 15 is 0 Å². The summed E-state index contributed by atoms with van der Waals surface area (Å²) < 4.78 is 17.1. The van der Waals surface area contributed by atoms with Crippen LogP contribution in [0.1, 0.15) is 55.2 Å². The summed E-state index contributed by atoms with van der Waals surface area (Å²) in [5.41, 5.74) is 5.50. The normalized spacial score (nSPS) is 18.8. The maximum absolute atomic E-state index is 13.9. The largest absolute Gasteiger partial charge is 0.497 e. The number of hydrogen-bond donors (Lipinski definition) is 1. The summed E-state index contributed by atoms with van der Waals surface area (Å²) in [4.78, 5) is 27.2. The Morgan fingerprint density at radius 1 is 0.949 bits per heavy atom. The predicted molar refractivity (Wildman–Crippen MR) is 149 cm³/mol. The third-order valence-electron chi connectivity index (χ3n) is 7.38. The molecule has 6 heteroatoms. The van der Waals surface area contributed by atoms with Crippen LogP contribution in [-0.2, 0) is 20.9 Å². The highest BCUT2D eigenvalue weighted by atomic mass is 16.5. The summed E-state index contributed by atoms with van der Waals surface area (Å²) in [7, 11) is 1.64. The summed E-state index contributed by atoms with van der Waals surface area (Å²) in [5.74, 6) is 0.443. The highest BCUT2D eigenvalue weighted by molar-refractivity contribution is 6.04. The number of nitrogens with one attached hydrogen (secondary N) is 1. The zero-order valence-electron chi connectivity index (χ0n) is 22.5. The van der Waals surface area contributed by atoms with E-state index in [1.54, 1.807) is 14.0 Å². The lowest BCUT2D eigenvalue weighted by molar-refractivity contribution is -0.138. The molecule has 0 unspecified atom stereocenters. The zero-order valence-corrected chi connectivity index (χ0v) is 22.5. The molecule has 0 fully saturated rings. The Labute approximate surface area is 229 Å². The fraction of sp³-hybridized carbons (Fsp3) is 0.273. The van der Waals surface area contributed by atoms with Gasteiger partial charge in [-0.2, -0.15) is 0 Å². The Balaban J connectivity index is 1.55. The van der Waals surface area contributed by atoms with Gasteiger partial charge in [-0.15, -0.1) is 0 Å². The molecule has 0 spiro atoms. The van der Waals surface area contributed by atoms with Crippen LogP contribution >= 0.6 is 0 Å². The van der Waals surface area contributed by atoms with E-state index in [4.69, 9.17) is 14.2 Å². The molecule has 0 radical (unpaired) electrons. The topological polar surface area (TPSA) is 73.9 Å². The summed E-state index contributed by atoms with van der Waals surface area (Å²) in [6.07, 6.45) is 1.01. The molecular weight excluding hydrogens is 490 g/mol. The zero-order chi connectivity index (χ0) is 27.4. The molecule has 0 saturated carbocycles. The van der Waals surface area contributed by atoms with Crippen molar-refractivity contribution in [2.75, 3.05) is 13.7 Å². The maximum atomic E-state index is 13.9. The average Bonchev–Trinajstić information content (AvgIpc) is 2.96. The number of hydrogen-bond acceptors (Lipinski definition) is 6. The van der Waals surface area contributed by atoms with Crippen LogP contribution < -0.4 is 14.8 Å². The number of esters is 1. The molecule has 2 aliphatic rings. The first-order valence-corrected chi connectivity index (χ1v) is 13.3. The van der Waals surface area contributed by atoms with Gasteiger partial charge in [0.05, 0.1) is 25.2 Å². The second-order valence-corrected chi connectivity index (χ2v) is 9.82. The lowest BCUT2D eigenvalue weighted by atomic mass is 9.71. The quantitative estimate of drug-likeness (QED) is 0.355. The molecule has 0 saturated heterocycles. The van der Waals surface area contributed by atoms with Crippen molar-refractivity contribution in [3.8, 4) is 11.5 Å². The highest BCUT2D eigenvalue weighted by Gasteiger charge is 2.42. The van der Waals surface area contributed by atoms with Crippen molar-refractivity contribution in [2.45, 2.75) is 45.1 Å². The third kappa shape index (κ3) is 5.46. The molecular formula is C33H33NO5. The molecule has 0 amide bonds. The average molecular weight is 524 g/mol. The fourth-order valence-corrected chi connectivity index (χ4v) is 5.53. The molecule has 200 valence electrons. The molecule has 1 aliphatic carbocycles. The number of benzene rings is 3. The van der Waals surface area contributed by atoms with Crippen molar-refractivity contribution < 1.29 is 23.8 Å². The lowest BCUT2D eigenvalue weighted by Crippen LogP contribution is -2.36. The molecule has 1 heterocycles. The first-order chi connectivity index (χ1) is 19.0. The SMILES string of the molecule is CCOC(=O)C1=C(C)NC2=C(C(=O)C[C@@H](c3ccc(OC)cc3)C2)[C@H]1c1ccccc1OCc1ccccc1. The summed E-state index contributed by atoms with van der Waals surface area (Å²) in [6.45, 7) is 4.28. The molecule has 6 nitrogen and oxygen atoms in total. The highest BCUT2D eigenvalue weighted by Crippen LogP contribution is 2.47. The number of para-hydroxylation sites is 1. The minimum atomic E-state index is -0.586. The van der Waals surface area contributed by atoms with Crippen molar-refractivity contribution in [3.63, 3.8) is 0 Å². The first kappa shape index (κ1) is 26.3. The van der Waals surface area contributed by atoms with Crippen molar-refractivity contribution >= 4 is 11.8 Å². The molecule has 1 N–H and O–H groups in total. The van der Waals surface area contributed by atoms with Crippen LogP contribution in [0.25, 0.3) is 0 Å². The Morgan fingerprint density at radius 2 is 1.67 bits per heavy atom. The monoisotopic (exact) mass is 523 g/mol. The summed E-state index contributed by atoms with van der Waals surface area (Å²) in [5, 5.41) is 3.41. The maximum Gasteiger partial charge on any atom is 0.336 e. The van der Waals surface area contributed by atoms with Gasteiger partial charge in [0.25, 0.3) is 0 Å². The number of allylic oxidation sites excluding steroid dienone is 3. The van der Waals surface area contributed by atoms with Gasteiger partial charge in [0.2, 0.25) is 0 Å². The Kier molecular flexibility index (Phi) is 7.82. The number of methoxy groups -OCH3 is 1. The van der Waals surface area contributed by atoms with Gasteiger partial charge >= 0.3 is 5.97 Å².